The molecule has 0 aromatic heterocycles. The average Bonchev–Trinajstić information content (AvgIpc) is 2.89. The number of ether oxygens (including phenoxy) is 1. The van der Waals surface area contributed by atoms with Crippen molar-refractivity contribution in [2.45, 2.75) is 57.7 Å². The summed E-state index contributed by atoms with van der Waals surface area (Å²) in [5.74, 6) is -0.0926. The Kier molecular flexibility index (Phi) is 13.8. The number of halogens is 5. The predicted molar refractivity (Wildman–Crippen MR) is 156 cm³/mol. The van der Waals surface area contributed by atoms with Crippen LogP contribution in [0.4, 0.5) is 13.2 Å². The number of hydrogen-bond donors (Lipinski definition) is 1. The van der Waals surface area contributed by atoms with E-state index in [9.17, 15) is 18.0 Å². The lowest BCUT2D eigenvalue weighted by molar-refractivity contribution is -0.137. The number of alkyl halides is 3. The molecule has 1 N–H and O–H groups in total. The maximum Gasteiger partial charge on any atom is 0.417 e. The summed E-state index contributed by atoms with van der Waals surface area (Å²) in [6.45, 7) is 4.11. The lowest BCUT2D eigenvalue weighted by Gasteiger charge is -2.29. The van der Waals surface area contributed by atoms with Gasteiger partial charge in [-0.05, 0) is 47.6 Å². The van der Waals surface area contributed by atoms with E-state index in [0.29, 0.717) is 49.4 Å². The summed E-state index contributed by atoms with van der Waals surface area (Å²) in [6, 6.07) is 14.3. The summed E-state index contributed by atoms with van der Waals surface area (Å²) in [5, 5.41) is 8.73. The molecule has 0 aliphatic heterocycles. The molecule has 2 aromatic carbocycles. The second-order valence-corrected chi connectivity index (χ2v) is 10.1. The van der Waals surface area contributed by atoms with Crippen molar-refractivity contribution in [1.29, 1.82) is 0 Å². The molecule has 0 saturated carbocycles. The Morgan fingerprint density at radius 3 is 2.58 bits per heavy atom. The van der Waals surface area contributed by atoms with Crippen LogP contribution in [0.15, 0.2) is 84.2 Å². The van der Waals surface area contributed by atoms with Gasteiger partial charge in [-0.2, -0.15) is 13.2 Å². The quantitative estimate of drug-likeness (QED) is 0.174. The Labute approximate surface area is 245 Å². The average molecular weight is 599 g/mol. The van der Waals surface area contributed by atoms with Gasteiger partial charge in [0.15, 0.2) is 0 Å². The highest BCUT2D eigenvalue weighted by atomic mass is 35.5. The fourth-order valence-corrected chi connectivity index (χ4v) is 4.99. The molecule has 0 radical (unpaired) electrons. The van der Waals surface area contributed by atoms with Gasteiger partial charge < -0.3 is 9.84 Å². The van der Waals surface area contributed by atoms with Gasteiger partial charge in [-0.25, -0.2) is 4.79 Å². The van der Waals surface area contributed by atoms with Gasteiger partial charge in [0.05, 0.1) is 17.2 Å². The van der Waals surface area contributed by atoms with E-state index in [4.69, 9.17) is 21.4 Å². The summed E-state index contributed by atoms with van der Waals surface area (Å²) in [6.07, 6.45) is 6.08. The van der Waals surface area contributed by atoms with Crippen molar-refractivity contribution >= 4 is 30.0 Å². The van der Waals surface area contributed by atoms with Crippen molar-refractivity contribution in [3.8, 4) is 0 Å². The van der Waals surface area contributed by atoms with Crippen molar-refractivity contribution in [2.24, 2.45) is 0 Å². The van der Waals surface area contributed by atoms with Crippen LogP contribution in [0.2, 0.25) is 5.02 Å². The second-order valence-electron chi connectivity index (χ2n) is 9.69. The zero-order chi connectivity index (χ0) is 28.3. The first-order valence-electron chi connectivity index (χ1n) is 13.2. The number of aliphatic carboxylic acids is 1. The summed E-state index contributed by atoms with van der Waals surface area (Å²) in [4.78, 5) is 13.1. The Balaban J connectivity index is 0.00000560. The van der Waals surface area contributed by atoms with Crippen LogP contribution >= 0.6 is 24.0 Å². The van der Waals surface area contributed by atoms with E-state index in [0.717, 1.165) is 31.4 Å². The minimum Gasteiger partial charge on any atom is -0.498 e. The first-order valence-corrected chi connectivity index (χ1v) is 13.6. The molecule has 1 atom stereocenters. The van der Waals surface area contributed by atoms with Gasteiger partial charge in [0.25, 0.3) is 0 Å². The molecule has 0 heterocycles. The Morgan fingerprint density at radius 2 is 1.90 bits per heavy atom. The molecule has 0 saturated heterocycles. The van der Waals surface area contributed by atoms with Gasteiger partial charge in [-0.1, -0.05) is 86.0 Å². The van der Waals surface area contributed by atoms with Gasteiger partial charge >= 0.3 is 12.1 Å². The Hall–Kier alpha value is -2.74. The summed E-state index contributed by atoms with van der Waals surface area (Å²) in [5.41, 5.74) is 1.48. The van der Waals surface area contributed by atoms with Gasteiger partial charge in [-0.3, -0.25) is 4.90 Å². The normalized spacial score (nSPS) is 15.1. The number of carboxylic acid groups (broad SMARTS) is 1. The van der Waals surface area contributed by atoms with E-state index in [2.05, 4.69) is 24.0 Å². The highest BCUT2D eigenvalue weighted by Gasteiger charge is 2.34. The third-order valence-electron chi connectivity index (χ3n) is 6.62. The van der Waals surface area contributed by atoms with Gasteiger partial charge in [0, 0.05) is 32.1 Å². The Morgan fingerprint density at radius 1 is 1.15 bits per heavy atom. The SMILES string of the molecule is CCCCC(CN(CCCOC1=CC=CC(=CC(=O)O)C1)Cc1cccc(C(F)(F)F)c1Cl)c1ccccc1.Cl. The molecule has 40 heavy (non-hydrogen) atoms. The van der Waals surface area contributed by atoms with E-state index >= 15 is 0 Å². The van der Waals surface area contributed by atoms with E-state index in [-0.39, 0.29) is 29.9 Å². The summed E-state index contributed by atoms with van der Waals surface area (Å²) in [7, 11) is 0. The monoisotopic (exact) mass is 597 g/mol. The molecule has 4 nitrogen and oxygen atoms in total. The topological polar surface area (TPSA) is 49.8 Å². The molecular formula is C31H36Cl2F3NO3. The van der Waals surface area contributed by atoms with E-state index in [1.165, 1.54) is 11.6 Å². The van der Waals surface area contributed by atoms with Crippen LogP contribution in [0.1, 0.15) is 61.6 Å². The molecular weight excluding hydrogens is 562 g/mol. The second kappa shape index (κ2) is 16.5. The molecule has 1 aliphatic carbocycles. The number of hydrogen-bond acceptors (Lipinski definition) is 3. The molecule has 2 aromatic rings. The number of nitrogens with zero attached hydrogens (tertiary/aromatic N) is 1. The van der Waals surface area contributed by atoms with Crippen LogP contribution in [0, 0.1) is 0 Å². The van der Waals surface area contributed by atoms with Gasteiger partial charge in [0.1, 0.15) is 5.76 Å². The number of carboxylic acids is 1. The van der Waals surface area contributed by atoms with Crippen LogP contribution in [0.3, 0.4) is 0 Å². The minimum absolute atomic E-state index is 0. The molecule has 0 amide bonds. The van der Waals surface area contributed by atoms with Crippen LogP contribution in [0.5, 0.6) is 0 Å². The Bertz CT molecular complexity index is 1180. The number of carbonyl (C=O) groups is 1. The summed E-state index contributed by atoms with van der Waals surface area (Å²) < 4.78 is 46.4. The molecule has 3 rings (SSSR count). The number of rotatable bonds is 14. The molecule has 0 bridgehead atoms. The van der Waals surface area contributed by atoms with Crippen LogP contribution < -0.4 is 0 Å². The molecule has 0 spiro atoms. The number of unbranched alkanes of at least 4 members (excludes halogenated alkanes) is 1. The fourth-order valence-electron chi connectivity index (χ4n) is 4.69. The highest BCUT2D eigenvalue weighted by Crippen LogP contribution is 2.37. The zero-order valence-corrected chi connectivity index (χ0v) is 24.1. The van der Waals surface area contributed by atoms with Crippen molar-refractivity contribution in [2.75, 3.05) is 19.7 Å². The number of allylic oxidation sites excluding steroid dienone is 4. The van der Waals surface area contributed by atoms with Crippen molar-refractivity contribution in [3.05, 3.63) is 106 Å². The fraction of sp³-hybridized carbons (Fsp3) is 0.387. The molecule has 9 heteroatoms. The zero-order valence-electron chi connectivity index (χ0n) is 22.5. The predicted octanol–water partition coefficient (Wildman–Crippen LogP) is 8.82. The summed E-state index contributed by atoms with van der Waals surface area (Å²) >= 11 is 6.25. The first-order chi connectivity index (χ1) is 18.7. The van der Waals surface area contributed by atoms with E-state index in [1.54, 1.807) is 18.2 Å². The molecule has 0 fully saturated rings. The minimum atomic E-state index is -4.52. The number of benzene rings is 2. The molecule has 1 unspecified atom stereocenters. The highest BCUT2D eigenvalue weighted by molar-refractivity contribution is 6.32. The van der Waals surface area contributed by atoms with E-state index < -0.39 is 17.7 Å². The maximum atomic E-state index is 13.5. The third-order valence-corrected chi connectivity index (χ3v) is 7.07. The standard InChI is InChI=1S/C31H35ClF3NO3.ClH/c1-2-3-11-25(24-12-5-4-6-13-24)21-36(22-26-14-8-16-28(30(26)32)31(33,34)35)17-9-18-39-27-15-7-10-23(19-27)20-29(37)38;/h4-8,10,12-16,20,25H,2-3,9,11,17-19,21-22H2,1H3,(H,37,38);1H. The smallest absolute Gasteiger partial charge is 0.417 e. The lowest BCUT2D eigenvalue weighted by Crippen LogP contribution is -2.30. The van der Waals surface area contributed by atoms with Crippen LogP contribution in [0.25, 0.3) is 0 Å². The van der Waals surface area contributed by atoms with Crippen LogP contribution in [-0.4, -0.2) is 35.7 Å². The molecule has 1 aliphatic rings. The molecule has 218 valence electrons. The lowest BCUT2D eigenvalue weighted by atomic mass is 9.92. The largest absolute Gasteiger partial charge is 0.498 e. The first kappa shape index (κ1) is 33.5. The van der Waals surface area contributed by atoms with Crippen molar-refractivity contribution < 1.29 is 27.8 Å². The van der Waals surface area contributed by atoms with Gasteiger partial charge in [-0.15, -0.1) is 12.4 Å². The van der Waals surface area contributed by atoms with Crippen molar-refractivity contribution in [3.63, 3.8) is 0 Å². The van der Waals surface area contributed by atoms with E-state index in [1.807, 2.05) is 24.3 Å². The van der Waals surface area contributed by atoms with Crippen LogP contribution in [-0.2, 0) is 22.3 Å². The van der Waals surface area contributed by atoms with Gasteiger partial charge in [0.2, 0.25) is 0 Å². The maximum absolute atomic E-state index is 13.5. The third kappa shape index (κ3) is 10.7. The van der Waals surface area contributed by atoms with Crippen molar-refractivity contribution in [1.82, 2.24) is 4.90 Å².